The summed E-state index contributed by atoms with van der Waals surface area (Å²) >= 11 is 3.22. The summed E-state index contributed by atoms with van der Waals surface area (Å²) < 4.78 is 27.2. The molecule has 88 valence electrons. The van der Waals surface area contributed by atoms with Gasteiger partial charge in [-0.1, -0.05) is 6.92 Å². The Morgan fingerprint density at radius 3 is 2.69 bits per heavy atom. The predicted molar refractivity (Wildman–Crippen MR) is 66.4 cm³/mol. The van der Waals surface area contributed by atoms with E-state index >= 15 is 0 Å². The molecule has 2 unspecified atom stereocenters. The first kappa shape index (κ1) is 11.9. The summed E-state index contributed by atoms with van der Waals surface area (Å²) in [6.07, 6.45) is 0.902. The molecule has 1 saturated carbocycles. The maximum Gasteiger partial charge on any atom is 0.242 e. The minimum absolute atomic E-state index is 0.0679. The molecular weight excluding hydrogens is 292 g/mol. The minimum atomic E-state index is -3.46. The van der Waals surface area contributed by atoms with Crippen LogP contribution in [0.25, 0.3) is 0 Å². The highest BCUT2D eigenvalue weighted by atomic mass is 79.9. The number of halogens is 1. The van der Waals surface area contributed by atoms with Crippen molar-refractivity contribution in [1.82, 2.24) is 4.72 Å². The first-order chi connectivity index (χ1) is 7.40. The summed E-state index contributed by atoms with van der Waals surface area (Å²) in [7, 11) is -3.46. The fourth-order valence-corrected chi connectivity index (χ4v) is 3.83. The second kappa shape index (κ2) is 4.01. The van der Waals surface area contributed by atoms with E-state index in [-0.39, 0.29) is 10.9 Å². The van der Waals surface area contributed by atoms with Crippen LogP contribution >= 0.6 is 15.9 Å². The summed E-state index contributed by atoms with van der Waals surface area (Å²) in [6.45, 7) is 2.02. The molecule has 6 heteroatoms. The van der Waals surface area contributed by atoms with Crippen molar-refractivity contribution in [3.63, 3.8) is 0 Å². The van der Waals surface area contributed by atoms with E-state index in [1.165, 1.54) is 6.07 Å². The lowest BCUT2D eigenvalue weighted by atomic mass is 10.3. The SMILES string of the molecule is CC1CC1NS(=O)(=O)c1cc(N)ccc1Br. The molecule has 0 aromatic heterocycles. The van der Waals surface area contributed by atoms with Crippen LogP contribution in [-0.2, 0) is 10.0 Å². The Kier molecular flexibility index (Phi) is 2.98. The molecule has 0 heterocycles. The molecule has 0 radical (unpaired) electrons. The molecule has 0 bridgehead atoms. The maximum absolute atomic E-state index is 12.0. The normalized spacial score (nSPS) is 24.4. The van der Waals surface area contributed by atoms with Crippen LogP contribution < -0.4 is 10.5 Å². The molecule has 0 amide bonds. The smallest absolute Gasteiger partial charge is 0.242 e. The summed E-state index contributed by atoms with van der Waals surface area (Å²) in [5, 5.41) is 0. The van der Waals surface area contributed by atoms with Gasteiger partial charge in [0.2, 0.25) is 10.0 Å². The zero-order chi connectivity index (χ0) is 11.9. The summed E-state index contributed by atoms with van der Waals surface area (Å²) in [5.74, 6) is 0.426. The van der Waals surface area contributed by atoms with Crippen molar-refractivity contribution < 1.29 is 8.42 Å². The van der Waals surface area contributed by atoms with Crippen molar-refractivity contribution in [1.29, 1.82) is 0 Å². The molecule has 16 heavy (non-hydrogen) atoms. The van der Waals surface area contributed by atoms with Gasteiger partial charge >= 0.3 is 0 Å². The molecule has 4 nitrogen and oxygen atoms in total. The number of sulfonamides is 1. The highest BCUT2D eigenvalue weighted by Gasteiger charge is 2.36. The van der Waals surface area contributed by atoms with Crippen molar-refractivity contribution in [2.24, 2.45) is 5.92 Å². The van der Waals surface area contributed by atoms with Gasteiger partial charge in [-0.25, -0.2) is 13.1 Å². The van der Waals surface area contributed by atoms with Crippen molar-refractivity contribution in [2.45, 2.75) is 24.3 Å². The number of nitrogen functional groups attached to an aromatic ring is 1. The number of hydrogen-bond donors (Lipinski definition) is 2. The van der Waals surface area contributed by atoms with Crippen LogP contribution in [0.4, 0.5) is 5.69 Å². The Bertz CT molecular complexity index is 516. The van der Waals surface area contributed by atoms with E-state index in [0.717, 1.165) is 6.42 Å². The van der Waals surface area contributed by atoms with Gasteiger partial charge in [-0.15, -0.1) is 0 Å². The summed E-state index contributed by atoms with van der Waals surface area (Å²) in [6, 6.07) is 4.82. The Labute approximate surface area is 103 Å². The van der Waals surface area contributed by atoms with Crippen LogP contribution in [0, 0.1) is 5.92 Å². The number of anilines is 1. The van der Waals surface area contributed by atoms with E-state index in [2.05, 4.69) is 20.7 Å². The van der Waals surface area contributed by atoms with Crippen LogP contribution in [-0.4, -0.2) is 14.5 Å². The van der Waals surface area contributed by atoms with Gasteiger partial charge in [0.05, 0.1) is 4.90 Å². The molecule has 0 spiro atoms. The van der Waals surface area contributed by atoms with E-state index in [0.29, 0.717) is 16.1 Å². The minimum Gasteiger partial charge on any atom is -0.399 e. The van der Waals surface area contributed by atoms with Crippen LogP contribution in [0.2, 0.25) is 0 Å². The number of hydrogen-bond acceptors (Lipinski definition) is 3. The van der Waals surface area contributed by atoms with Crippen molar-refractivity contribution in [3.05, 3.63) is 22.7 Å². The van der Waals surface area contributed by atoms with Gasteiger partial charge in [-0.3, -0.25) is 0 Å². The highest BCUT2D eigenvalue weighted by Crippen LogP contribution is 2.32. The van der Waals surface area contributed by atoms with Crippen molar-refractivity contribution >= 4 is 31.6 Å². The van der Waals surface area contributed by atoms with Gasteiger partial charge in [0, 0.05) is 16.2 Å². The Morgan fingerprint density at radius 2 is 2.12 bits per heavy atom. The van der Waals surface area contributed by atoms with Gasteiger partial charge in [0.1, 0.15) is 0 Å². The van der Waals surface area contributed by atoms with Crippen molar-refractivity contribution in [2.75, 3.05) is 5.73 Å². The van der Waals surface area contributed by atoms with Gasteiger partial charge in [0.25, 0.3) is 0 Å². The highest BCUT2D eigenvalue weighted by molar-refractivity contribution is 9.10. The fraction of sp³-hybridized carbons (Fsp3) is 0.400. The zero-order valence-electron chi connectivity index (χ0n) is 8.77. The molecule has 0 saturated heterocycles. The van der Waals surface area contributed by atoms with E-state index in [1.807, 2.05) is 6.92 Å². The quantitative estimate of drug-likeness (QED) is 0.835. The van der Waals surface area contributed by atoms with Crippen LogP contribution in [0.5, 0.6) is 0 Å². The molecule has 1 fully saturated rings. The molecule has 3 N–H and O–H groups in total. The Morgan fingerprint density at radius 1 is 1.50 bits per heavy atom. The van der Waals surface area contributed by atoms with Crippen LogP contribution in [0.1, 0.15) is 13.3 Å². The Balaban J connectivity index is 2.31. The molecule has 2 atom stereocenters. The molecule has 1 aliphatic carbocycles. The van der Waals surface area contributed by atoms with Crippen LogP contribution in [0.3, 0.4) is 0 Å². The van der Waals surface area contributed by atoms with Crippen molar-refractivity contribution in [3.8, 4) is 0 Å². The van der Waals surface area contributed by atoms with E-state index in [1.54, 1.807) is 12.1 Å². The Hall–Kier alpha value is -0.590. The number of rotatable bonds is 3. The van der Waals surface area contributed by atoms with E-state index in [4.69, 9.17) is 5.73 Å². The van der Waals surface area contributed by atoms with Gasteiger partial charge < -0.3 is 5.73 Å². The van der Waals surface area contributed by atoms with Gasteiger partial charge in [0.15, 0.2) is 0 Å². The molecule has 2 rings (SSSR count). The molecule has 1 aliphatic rings. The molecule has 1 aromatic carbocycles. The lowest BCUT2D eigenvalue weighted by molar-refractivity contribution is 0.578. The molecule has 0 aliphatic heterocycles. The average Bonchev–Trinajstić information content (AvgIpc) is 2.85. The topological polar surface area (TPSA) is 72.2 Å². The molecule has 1 aromatic rings. The van der Waals surface area contributed by atoms with Gasteiger partial charge in [-0.2, -0.15) is 0 Å². The second-order valence-corrected chi connectivity index (χ2v) is 6.67. The largest absolute Gasteiger partial charge is 0.399 e. The van der Waals surface area contributed by atoms with E-state index in [9.17, 15) is 8.42 Å². The number of nitrogens with two attached hydrogens (primary N) is 1. The van der Waals surface area contributed by atoms with Gasteiger partial charge in [-0.05, 0) is 46.5 Å². The third-order valence-corrected chi connectivity index (χ3v) is 5.14. The maximum atomic E-state index is 12.0. The average molecular weight is 305 g/mol. The first-order valence-electron chi connectivity index (χ1n) is 4.97. The van der Waals surface area contributed by atoms with Crippen LogP contribution in [0.15, 0.2) is 27.6 Å². The standard InChI is InChI=1S/C10H13BrN2O2S/c1-6-4-9(6)13-16(14,15)10-5-7(12)2-3-8(10)11/h2-3,5-6,9,13H,4,12H2,1H3. The number of benzene rings is 1. The monoisotopic (exact) mass is 304 g/mol. The third-order valence-electron chi connectivity index (χ3n) is 2.66. The molecular formula is C10H13BrN2O2S. The first-order valence-corrected chi connectivity index (χ1v) is 7.25. The fourth-order valence-electron chi connectivity index (χ4n) is 1.47. The van der Waals surface area contributed by atoms with E-state index < -0.39 is 10.0 Å². The number of nitrogens with one attached hydrogen (secondary N) is 1. The lowest BCUT2D eigenvalue weighted by Crippen LogP contribution is -2.27. The summed E-state index contributed by atoms with van der Waals surface area (Å²) in [4.78, 5) is 0.201. The summed E-state index contributed by atoms with van der Waals surface area (Å²) in [5.41, 5.74) is 6.02. The second-order valence-electron chi connectivity index (χ2n) is 4.13. The predicted octanol–water partition coefficient (Wildman–Crippen LogP) is 1.72. The lowest BCUT2D eigenvalue weighted by Gasteiger charge is -2.08. The third kappa shape index (κ3) is 2.39. The zero-order valence-corrected chi connectivity index (χ0v) is 11.2.